The summed E-state index contributed by atoms with van der Waals surface area (Å²) in [4.78, 5) is 41.3. The van der Waals surface area contributed by atoms with E-state index in [1.54, 1.807) is 0 Å². The van der Waals surface area contributed by atoms with Gasteiger partial charge in [-0.2, -0.15) is 0 Å². The number of nitrogens with zero attached hydrogens (tertiary/aromatic N) is 2. The number of rotatable bonds is 5. The Kier molecular flexibility index (Phi) is 6.91. The van der Waals surface area contributed by atoms with Crippen molar-refractivity contribution >= 4 is 17.7 Å². The Morgan fingerprint density at radius 3 is 2.06 bits per heavy atom. The van der Waals surface area contributed by atoms with Gasteiger partial charge in [0.25, 0.3) is 17.7 Å². The minimum Gasteiger partial charge on any atom is -0.351 e. The maximum atomic E-state index is 13.7. The summed E-state index contributed by atoms with van der Waals surface area (Å²) in [6, 6.07) is 7.46. The molecule has 1 aliphatic heterocycles. The highest BCUT2D eigenvalue weighted by molar-refractivity contribution is 6.01. The first-order chi connectivity index (χ1) is 14.8. The van der Waals surface area contributed by atoms with Crippen molar-refractivity contribution in [3.05, 3.63) is 71.0 Å². The number of benzene rings is 2. The highest BCUT2D eigenvalue weighted by atomic mass is 19.2. The predicted molar refractivity (Wildman–Crippen MR) is 105 cm³/mol. The molecule has 1 fully saturated rings. The fourth-order valence-corrected chi connectivity index (χ4v) is 3.37. The topological polar surface area (TPSA) is 95.7 Å². The Hall–Kier alpha value is -3.40. The van der Waals surface area contributed by atoms with Crippen LogP contribution >= 0.6 is 0 Å². The molecule has 164 valence electrons. The molecule has 1 heterocycles. The van der Waals surface area contributed by atoms with Gasteiger partial charge in [0.15, 0.2) is 17.8 Å². The number of nitrogens with two attached hydrogens (primary N) is 1. The number of halogens is 3. The van der Waals surface area contributed by atoms with Gasteiger partial charge in [-0.1, -0.05) is 0 Å². The second kappa shape index (κ2) is 9.61. The summed E-state index contributed by atoms with van der Waals surface area (Å²) in [5.74, 6) is -4.79. The van der Waals surface area contributed by atoms with Gasteiger partial charge in [-0.15, -0.1) is 0 Å². The highest BCUT2D eigenvalue weighted by Gasteiger charge is 2.40. The maximum absolute atomic E-state index is 13.7. The molecule has 0 aromatic heterocycles. The van der Waals surface area contributed by atoms with Crippen molar-refractivity contribution in [3.63, 3.8) is 0 Å². The average molecular weight is 434 g/mol. The van der Waals surface area contributed by atoms with E-state index in [9.17, 15) is 27.6 Å². The van der Waals surface area contributed by atoms with Gasteiger partial charge in [0.2, 0.25) is 0 Å². The van der Waals surface area contributed by atoms with Crippen LogP contribution in [0.5, 0.6) is 0 Å². The summed E-state index contributed by atoms with van der Waals surface area (Å²) in [6.45, 7) is 0.535. The second-order valence-corrected chi connectivity index (χ2v) is 6.94. The normalized spacial score (nSPS) is 16.2. The van der Waals surface area contributed by atoms with Crippen LogP contribution in [0.4, 0.5) is 13.2 Å². The van der Waals surface area contributed by atoms with Crippen molar-refractivity contribution in [1.29, 1.82) is 0 Å². The first kappa shape index (κ1) is 22.3. The molecular formula is C21H21F3N4O3. The van der Waals surface area contributed by atoms with Crippen molar-refractivity contribution in [2.24, 2.45) is 5.73 Å². The predicted octanol–water partition coefficient (Wildman–Crippen LogP) is 1.49. The molecule has 7 nitrogen and oxygen atoms in total. The molecule has 0 saturated carbocycles. The first-order valence-electron chi connectivity index (χ1n) is 9.64. The second-order valence-electron chi connectivity index (χ2n) is 6.94. The molecule has 1 saturated heterocycles. The highest BCUT2D eigenvalue weighted by Crippen LogP contribution is 2.22. The molecule has 10 heteroatoms. The van der Waals surface area contributed by atoms with Crippen LogP contribution in [0.2, 0.25) is 0 Å². The zero-order valence-corrected chi connectivity index (χ0v) is 16.5. The minimum atomic E-state index is -1.33. The molecule has 1 unspecified atom stereocenters. The number of nitrogens with one attached hydrogen (secondary N) is 1. The van der Waals surface area contributed by atoms with Crippen molar-refractivity contribution in [2.45, 2.75) is 12.6 Å². The average Bonchev–Trinajstić information content (AvgIpc) is 2.78. The third-order valence-corrected chi connectivity index (χ3v) is 4.85. The number of amides is 3. The van der Waals surface area contributed by atoms with Gasteiger partial charge in [-0.05, 0) is 48.9 Å². The Morgan fingerprint density at radius 2 is 1.48 bits per heavy atom. The SMILES string of the molecule is NCCNC(=O)C1N(C(=O)c2ccc(F)cc2)CCCN1C(=O)c1ccc(F)c(F)c1. The van der Waals surface area contributed by atoms with Gasteiger partial charge in [-0.3, -0.25) is 14.4 Å². The van der Waals surface area contributed by atoms with Crippen LogP contribution in [0.25, 0.3) is 0 Å². The van der Waals surface area contributed by atoms with E-state index in [4.69, 9.17) is 5.73 Å². The maximum Gasteiger partial charge on any atom is 0.263 e. The van der Waals surface area contributed by atoms with Crippen LogP contribution in [0, 0.1) is 17.5 Å². The number of hydrogen-bond acceptors (Lipinski definition) is 4. The summed E-state index contributed by atoms with van der Waals surface area (Å²) in [7, 11) is 0. The lowest BCUT2D eigenvalue weighted by atomic mass is 10.1. The van der Waals surface area contributed by atoms with Crippen LogP contribution in [-0.4, -0.2) is 59.9 Å². The number of carbonyl (C=O) groups excluding carboxylic acids is 3. The van der Waals surface area contributed by atoms with Gasteiger partial charge in [0.1, 0.15) is 5.82 Å². The van der Waals surface area contributed by atoms with E-state index in [-0.39, 0.29) is 37.3 Å². The Balaban J connectivity index is 1.95. The number of hydrogen-bond donors (Lipinski definition) is 2. The Morgan fingerprint density at radius 1 is 0.903 bits per heavy atom. The van der Waals surface area contributed by atoms with E-state index >= 15 is 0 Å². The van der Waals surface area contributed by atoms with Gasteiger partial charge >= 0.3 is 0 Å². The summed E-state index contributed by atoms with van der Waals surface area (Å²) >= 11 is 0. The summed E-state index contributed by atoms with van der Waals surface area (Å²) in [5.41, 5.74) is 5.41. The van der Waals surface area contributed by atoms with Gasteiger partial charge in [0.05, 0.1) is 0 Å². The summed E-state index contributed by atoms with van der Waals surface area (Å²) in [6.07, 6.45) is -0.985. The van der Waals surface area contributed by atoms with E-state index in [0.29, 0.717) is 6.42 Å². The minimum absolute atomic E-state index is 0.112. The molecule has 0 radical (unpaired) electrons. The molecule has 2 aromatic rings. The van der Waals surface area contributed by atoms with Crippen LogP contribution in [0.3, 0.4) is 0 Å². The fraction of sp³-hybridized carbons (Fsp3) is 0.286. The van der Waals surface area contributed by atoms with Crippen LogP contribution in [-0.2, 0) is 4.79 Å². The molecular weight excluding hydrogens is 413 g/mol. The lowest BCUT2D eigenvalue weighted by Crippen LogP contribution is -2.63. The van der Waals surface area contributed by atoms with E-state index in [1.165, 1.54) is 17.0 Å². The monoisotopic (exact) mass is 434 g/mol. The smallest absolute Gasteiger partial charge is 0.263 e. The Labute approximate surface area is 176 Å². The lowest BCUT2D eigenvalue weighted by Gasteiger charge is -2.42. The molecule has 31 heavy (non-hydrogen) atoms. The zero-order chi connectivity index (χ0) is 22.5. The standard InChI is InChI=1S/C21H21F3N4O3/c22-15-5-2-13(3-6-15)20(30)27-10-1-11-28(19(27)18(29)26-9-8-25)21(31)14-4-7-16(23)17(24)12-14/h2-7,12,19H,1,8-11,25H2,(H,26,29). The van der Waals surface area contributed by atoms with Gasteiger partial charge in [0, 0.05) is 37.3 Å². The van der Waals surface area contributed by atoms with Crippen molar-refractivity contribution in [3.8, 4) is 0 Å². The molecule has 2 aromatic carbocycles. The molecule has 0 bridgehead atoms. The van der Waals surface area contributed by atoms with E-state index in [2.05, 4.69) is 5.32 Å². The number of carbonyl (C=O) groups is 3. The zero-order valence-electron chi connectivity index (χ0n) is 16.5. The lowest BCUT2D eigenvalue weighted by molar-refractivity contribution is -0.132. The van der Waals surface area contributed by atoms with Crippen LogP contribution in [0.1, 0.15) is 27.1 Å². The molecule has 3 rings (SSSR count). The first-order valence-corrected chi connectivity index (χ1v) is 9.64. The van der Waals surface area contributed by atoms with Crippen molar-refractivity contribution in [2.75, 3.05) is 26.2 Å². The van der Waals surface area contributed by atoms with Crippen LogP contribution < -0.4 is 11.1 Å². The van der Waals surface area contributed by atoms with Crippen molar-refractivity contribution in [1.82, 2.24) is 15.1 Å². The third-order valence-electron chi connectivity index (χ3n) is 4.85. The van der Waals surface area contributed by atoms with Gasteiger partial charge < -0.3 is 20.9 Å². The molecule has 1 aliphatic rings. The Bertz CT molecular complexity index is 984. The fourth-order valence-electron chi connectivity index (χ4n) is 3.37. The molecule has 0 spiro atoms. The molecule has 3 N–H and O–H groups in total. The van der Waals surface area contributed by atoms with E-state index in [0.717, 1.165) is 35.2 Å². The van der Waals surface area contributed by atoms with E-state index in [1.807, 2.05) is 0 Å². The van der Waals surface area contributed by atoms with Crippen LogP contribution in [0.15, 0.2) is 42.5 Å². The molecule has 0 aliphatic carbocycles. The molecule has 1 atom stereocenters. The summed E-state index contributed by atoms with van der Waals surface area (Å²) in [5, 5.41) is 2.56. The van der Waals surface area contributed by atoms with Gasteiger partial charge in [-0.25, -0.2) is 13.2 Å². The van der Waals surface area contributed by atoms with E-state index < -0.39 is 41.3 Å². The summed E-state index contributed by atoms with van der Waals surface area (Å²) < 4.78 is 40.2. The third kappa shape index (κ3) is 4.85. The molecule has 3 amide bonds. The largest absolute Gasteiger partial charge is 0.351 e. The quantitative estimate of drug-likeness (QED) is 0.746. The van der Waals surface area contributed by atoms with Crippen molar-refractivity contribution < 1.29 is 27.6 Å².